The molecule has 0 spiro atoms. The molecule has 0 aromatic carbocycles. The van der Waals surface area contributed by atoms with Gasteiger partial charge in [0.05, 0.1) is 0 Å². The third-order valence-corrected chi connectivity index (χ3v) is 7.22. The van der Waals surface area contributed by atoms with Gasteiger partial charge in [0.15, 0.2) is 5.03 Å². The van der Waals surface area contributed by atoms with Crippen LogP contribution in [0.4, 0.5) is 0 Å². The van der Waals surface area contributed by atoms with Crippen LogP contribution >= 0.6 is 23.5 Å². The maximum Gasteiger partial charge on any atom is 0.258 e. The van der Waals surface area contributed by atoms with Crippen molar-refractivity contribution in [3.8, 4) is 0 Å². The summed E-state index contributed by atoms with van der Waals surface area (Å²) in [7, 11) is -3.50. The van der Waals surface area contributed by atoms with Crippen LogP contribution in [-0.2, 0) is 16.6 Å². The normalized spacial score (nSPS) is 19.6. The summed E-state index contributed by atoms with van der Waals surface area (Å²) in [4.78, 5) is 4.06. The molecule has 1 atom stereocenters. The Morgan fingerprint density at radius 3 is 2.86 bits per heavy atom. The molecule has 21 heavy (non-hydrogen) atoms. The molecule has 8 heteroatoms. The van der Waals surface area contributed by atoms with Crippen LogP contribution in [-0.4, -0.2) is 49.0 Å². The average molecular weight is 348 g/mol. The standard InChI is InChI=1S/C13H21N3O2S3/c1-2-14-7-11-3-4-13(15-8-11)21(17,18)16-9-12-10-19-5-6-20-12/h3-4,8,12,14,16H,2,5-7,9-10H2,1H3. The molecule has 1 aromatic heterocycles. The summed E-state index contributed by atoms with van der Waals surface area (Å²) in [6.07, 6.45) is 1.61. The molecule has 1 aliphatic rings. The van der Waals surface area contributed by atoms with E-state index in [0.717, 1.165) is 29.4 Å². The summed E-state index contributed by atoms with van der Waals surface area (Å²) in [6.45, 7) is 4.07. The smallest absolute Gasteiger partial charge is 0.258 e. The lowest BCUT2D eigenvalue weighted by Crippen LogP contribution is -2.33. The summed E-state index contributed by atoms with van der Waals surface area (Å²) in [5.74, 6) is 3.25. The topological polar surface area (TPSA) is 71.1 Å². The van der Waals surface area contributed by atoms with Gasteiger partial charge >= 0.3 is 0 Å². The molecule has 0 amide bonds. The van der Waals surface area contributed by atoms with Crippen molar-refractivity contribution in [2.45, 2.75) is 23.7 Å². The van der Waals surface area contributed by atoms with E-state index in [9.17, 15) is 8.42 Å². The van der Waals surface area contributed by atoms with Crippen molar-refractivity contribution in [2.75, 3.05) is 30.3 Å². The van der Waals surface area contributed by atoms with Gasteiger partial charge in [0.1, 0.15) is 0 Å². The molecule has 0 aliphatic carbocycles. The maximum absolute atomic E-state index is 12.2. The highest BCUT2D eigenvalue weighted by atomic mass is 32.2. The zero-order chi connectivity index (χ0) is 15.1. The molecule has 1 aliphatic heterocycles. The quantitative estimate of drug-likeness (QED) is 0.775. The zero-order valence-corrected chi connectivity index (χ0v) is 14.5. The van der Waals surface area contributed by atoms with Gasteiger partial charge in [-0.05, 0) is 18.2 Å². The van der Waals surface area contributed by atoms with Gasteiger partial charge in [-0.1, -0.05) is 13.0 Å². The minimum atomic E-state index is -3.50. The largest absolute Gasteiger partial charge is 0.313 e. The Morgan fingerprint density at radius 2 is 2.24 bits per heavy atom. The molecule has 0 saturated carbocycles. The first-order valence-corrected chi connectivity index (χ1v) is 10.6. The van der Waals surface area contributed by atoms with E-state index in [-0.39, 0.29) is 5.03 Å². The molecule has 1 saturated heterocycles. The van der Waals surface area contributed by atoms with Crippen molar-refractivity contribution in [3.63, 3.8) is 0 Å². The van der Waals surface area contributed by atoms with Crippen molar-refractivity contribution in [1.82, 2.24) is 15.0 Å². The zero-order valence-electron chi connectivity index (χ0n) is 12.0. The summed E-state index contributed by atoms with van der Waals surface area (Å²) in [6, 6.07) is 3.37. The van der Waals surface area contributed by atoms with Crippen molar-refractivity contribution in [2.24, 2.45) is 0 Å². The van der Waals surface area contributed by atoms with Gasteiger partial charge in [0, 0.05) is 41.8 Å². The summed E-state index contributed by atoms with van der Waals surface area (Å²) in [5, 5.41) is 3.63. The monoisotopic (exact) mass is 347 g/mol. The van der Waals surface area contributed by atoms with Crippen LogP contribution in [0.5, 0.6) is 0 Å². The number of hydrogen-bond acceptors (Lipinski definition) is 6. The van der Waals surface area contributed by atoms with Crippen LogP contribution in [0.2, 0.25) is 0 Å². The number of nitrogens with zero attached hydrogens (tertiary/aromatic N) is 1. The molecule has 0 radical (unpaired) electrons. The van der Waals surface area contributed by atoms with Crippen LogP contribution in [0.15, 0.2) is 23.4 Å². The molecule has 1 fully saturated rings. The number of sulfonamides is 1. The third-order valence-electron chi connectivity index (χ3n) is 3.04. The van der Waals surface area contributed by atoms with E-state index in [4.69, 9.17) is 0 Å². The summed E-state index contributed by atoms with van der Waals surface area (Å²) < 4.78 is 27.1. The first-order chi connectivity index (χ1) is 10.1. The van der Waals surface area contributed by atoms with Crippen LogP contribution < -0.4 is 10.0 Å². The number of aromatic nitrogens is 1. The SMILES string of the molecule is CCNCc1ccc(S(=O)(=O)NCC2CSCCS2)nc1. The Labute approximate surface area is 135 Å². The Kier molecular flexibility index (Phi) is 6.81. The van der Waals surface area contributed by atoms with Gasteiger partial charge in [-0.3, -0.25) is 0 Å². The fourth-order valence-corrected chi connectivity index (χ4v) is 5.60. The number of hydrogen-bond donors (Lipinski definition) is 2. The Morgan fingerprint density at radius 1 is 1.38 bits per heavy atom. The van der Waals surface area contributed by atoms with Crippen molar-refractivity contribution in [3.05, 3.63) is 23.9 Å². The minimum absolute atomic E-state index is 0.0937. The van der Waals surface area contributed by atoms with Crippen molar-refractivity contribution >= 4 is 33.5 Å². The lowest BCUT2D eigenvalue weighted by atomic mass is 10.3. The molecule has 118 valence electrons. The molecule has 5 nitrogen and oxygen atoms in total. The number of pyridine rings is 1. The highest BCUT2D eigenvalue weighted by molar-refractivity contribution is 8.06. The van der Waals surface area contributed by atoms with Gasteiger partial charge < -0.3 is 5.32 Å². The Balaban J connectivity index is 1.91. The van der Waals surface area contributed by atoms with Crippen molar-refractivity contribution < 1.29 is 8.42 Å². The predicted octanol–water partition coefficient (Wildman–Crippen LogP) is 1.32. The molecule has 1 aromatic rings. The van der Waals surface area contributed by atoms with E-state index >= 15 is 0 Å². The fraction of sp³-hybridized carbons (Fsp3) is 0.615. The van der Waals surface area contributed by atoms with Crippen LogP contribution in [0.25, 0.3) is 0 Å². The van der Waals surface area contributed by atoms with E-state index in [1.807, 2.05) is 30.4 Å². The van der Waals surface area contributed by atoms with Crippen LogP contribution in [0.3, 0.4) is 0 Å². The van der Waals surface area contributed by atoms with Gasteiger partial charge in [-0.15, -0.1) is 0 Å². The van der Waals surface area contributed by atoms with E-state index in [2.05, 4.69) is 15.0 Å². The number of nitrogens with one attached hydrogen (secondary N) is 2. The molecule has 2 N–H and O–H groups in total. The lowest BCUT2D eigenvalue weighted by Gasteiger charge is -2.20. The molecule has 0 bridgehead atoms. The predicted molar refractivity (Wildman–Crippen MR) is 90.4 cm³/mol. The van der Waals surface area contributed by atoms with Gasteiger partial charge in [0.2, 0.25) is 0 Å². The molecular weight excluding hydrogens is 326 g/mol. The second-order valence-electron chi connectivity index (χ2n) is 4.70. The highest BCUT2D eigenvalue weighted by Gasteiger charge is 2.20. The first kappa shape index (κ1) is 17.1. The van der Waals surface area contributed by atoms with E-state index in [1.165, 1.54) is 0 Å². The minimum Gasteiger partial charge on any atom is -0.313 e. The van der Waals surface area contributed by atoms with E-state index in [1.54, 1.807) is 18.3 Å². The van der Waals surface area contributed by atoms with Gasteiger partial charge in [0.25, 0.3) is 10.0 Å². The molecule has 2 heterocycles. The van der Waals surface area contributed by atoms with Gasteiger partial charge in [-0.25, -0.2) is 18.1 Å². The lowest BCUT2D eigenvalue weighted by molar-refractivity contribution is 0.577. The van der Waals surface area contributed by atoms with Crippen molar-refractivity contribution in [1.29, 1.82) is 0 Å². The second-order valence-corrected chi connectivity index (χ2v) is 8.98. The van der Waals surface area contributed by atoms with E-state index in [0.29, 0.717) is 18.3 Å². The molecular formula is C13H21N3O2S3. The Hall–Kier alpha value is -0.280. The van der Waals surface area contributed by atoms with E-state index < -0.39 is 10.0 Å². The molecule has 2 rings (SSSR count). The number of thioether (sulfide) groups is 2. The third kappa shape index (κ3) is 5.45. The molecule has 1 unspecified atom stereocenters. The Bertz CT molecular complexity index is 528. The highest BCUT2D eigenvalue weighted by Crippen LogP contribution is 2.23. The van der Waals surface area contributed by atoms with Crippen LogP contribution in [0.1, 0.15) is 12.5 Å². The fourth-order valence-electron chi connectivity index (χ4n) is 1.87. The summed E-state index contributed by atoms with van der Waals surface area (Å²) >= 11 is 3.71. The summed E-state index contributed by atoms with van der Waals surface area (Å²) in [5.41, 5.74) is 0.982. The second kappa shape index (κ2) is 8.38. The number of rotatable bonds is 7. The maximum atomic E-state index is 12.2. The van der Waals surface area contributed by atoms with Gasteiger partial charge in [-0.2, -0.15) is 23.5 Å². The van der Waals surface area contributed by atoms with Crippen LogP contribution in [0, 0.1) is 0 Å². The average Bonchev–Trinajstić information content (AvgIpc) is 2.52. The first-order valence-electron chi connectivity index (χ1n) is 6.96.